The van der Waals surface area contributed by atoms with Crippen molar-refractivity contribution in [3.05, 3.63) is 12.3 Å². The van der Waals surface area contributed by atoms with Gasteiger partial charge in [-0.3, -0.25) is 0 Å². The van der Waals surface area contributed by atoms with E-state index in [1.165, 1.54) is 0 Å². The normalized spacial score (nSPS) is 19.5. The largest absolute Gasteiger partial charge is 0.475 e. The van der Waals surface area contributed by atoms with E-state index in [2.05, 4.69) is 15.3 Å². The first-order valence-electron chi connectivity index (χ1n) is 6.68. The molecule has 1 aromatic heterocycles. The van der Waals surface area contributed by atoms with E-state index in [-0.39, 0.29) is 12.2 Å². The van der Waals surface area contributed by atoms with Crippen molar-refractivity contribution < 1.29 is 9.47 Å². The molecule has 6 heteroatoms. The first-order valence-corrected chi connectivity index (χ1v) is 6.68. The van der Waals surface area contributed by atoms with E-state index in [1.54, 1.807) is 12.3 Å². The van der Waals surface area contributed by atoms with Crippen molar-refractivity contribution >= 4 is 5.95 Å². The SMILES string of the molecule is CC(C)Oc1ccnc(N(C)CC2CNCCO2)n1. The number of rotatable bonds is 5. The van der Waals surface area contributed by atoms with Gasteiger partial charge in [-0.2, -0.15) is 4.98 Å². The molecule has 1 atom stereocenters. The predicted molar refractivity (Wildman–Crippen MR) is 73.7 cm³/mol. The van der Waals surface area contributed by atoms with Crippen LogP contribution in [0, 0.1) is 0 Å². The average Bonchev–Trinajstić information content (AvgIpc) is 2.39. The monoisotopic (exact) mass is 266 g/mol. The molecular weight excluding hydrogens is 244 g/mol. The van der Waals surface area contributed by atoms with E-state index < -0.39 is 0 Å². The minimum Gasteiger partial charge on any atom is -0.475 e. The molecule has 0 aromatic carbocycles. The van der Waals surface area contributed by atoms with Crippen LogP contribution in [0.3, 0.4) is 0 Å². The van der Waals surface area contributed by atoms with Crippen molar-refractivity contribution in [3.63, 3.8) is 0 Å². The molecule has 0 radical (unpaired) electrons. The topological polar surface area (TPSA) is 59.5 Å². The van der Waals surface area contributed by atoms with Crippen molar-refractivity contribution in [2.75, 3.05) is 38.2 Å². The number of morpholine rings is 1. The number of hydrogen-bond acceptors (Lipinski definition) is 6. The zero-order chi connectivity index (χ0) is 13.7. The van der Waals surface area contributed by atoms with Gasteiger partial charge in [-0.05, 0) is 13.8 Å². The highest BCUT2D eigenvalue weighted by atomic mass is 16.5. The summed E-state index contributed by atoms with van der Waals surface area (Å²) in [7, 11) is 1.96. The highest BCUT2D eigenvalue weighted by molar-refractivity contribution is 5.31. The van der Waals surface area contributed by atoms with Gasteiger partial charge in [0.2, 0.25) is 11.8 Å². The van der Waals surface area contributed by atoms with Crippen molar-refractivity contribution in [2.45, 2.75) is 26.1 Å². The molecule has 2 heterocycles. The van der Waals surface area contributed by atoms with Crippen LogP contribution in [0.25, 0.3) is 0 Å². The first-order chi connectivity index (χ1) is 9.15. The van der Waals surface area contributed by atoms with E-state index in [1.807, 2.05) is 25.8 Å². The number of nitrogens with one attached hydrogen (secondary N) is 1. The number of aromatic nitrogens is 2. The lowest BCUT2D eigenvalue weighted by molar-refractivity contribution is 0.0338. The summed E-state index contributed by atoms with van der Waals surface area (Å²) in [4.78, 5) is 10.7. The van der Waals surface area contributed by atoms with Crippen LogP contribution >= 0.6 is 0 Å². The third kappa shape index (κ3) is 4.33. The van der Waals surface area contributed by atoms with Gasteiger partial charge in [-0.15, -0.1) is 0 Å². The van der Waals surface area contributed by atoms with Crippen molar-refractivity contribution in [1.82, 2.24) is 15.3 Å². The second-order valence-electron chi connectivity index (χ2n) is 4.94. The third-order valence-electron chi connectivity index (χ3n) is 2.80. The molecule has 1 saturated heterocycles. The summed E-state index contributed by atoms with van der Waals surface area (Å²) in [5, 5.41) is 3.31. The van der Waals surface area contributed by atoms with Gasteiger partial charge in [-0.1, -0.05) is 0 Å². The number of ether oxygens (including phenoxy) is 2. The van der Waals surface area contributed by atoms with Gasteiger partial charge >= 0.3 is 0 Å². The van der Waals surface area contributed by atoms with Gasteiger partial charge in [-0.25, -0.2) is 4.98 Å². The standard InChI is InChI=1S/C13H22N4O2/c1-10(2)19-12-4-5-15-13(16-12)17(3)9-11-8-14-6-7-18-11/h4-5,10-11,14H,6-9H2,1-3H3. The van der Waals surface area contributed by atoms with Crippen LogP contribution < -0.4 is 15.0 Å². The lowest BCUT2D eigenvalue weighted by Crippen LogP contribution is -2.44. The molecule has 1 N–H and O–H groups in total. The van der Waals surface area contributed by atoms with Crippen LogP contribution in [0.2, 0.25) is 0 Å². The molecular formula is C13H22N4O2. The summed E-state index contributed by atoms with van der Waals surface area (Å²) < 4.78 is 11.2. The smallest absolute Gasteiger partial charge is 0.228 e. The zero-order valence-electron chi connectivity index (χ0n) is 11.8. The van der Waals surface area contributed by atoms with Crippen molar-refractivity contribution in [3.8, 4) is 5.88 Å². The van der Waals surface area contributed by atoms with Crippen molar-refractivity contribution in [2.24, 2.45) is 0 Å². The second kappa shape index (κ2) is 6.68. The molecule has 2 rings (SSSR count). The molecule has 1 fully saturated rings. The Hall–Kier alpha value is -1.40. The van der Waals surface area contributed by atoms with E-state index in [0.717, 1.165) is 26.2 Å². The maximum absolute atomic E-state index is 5.67. The van der Waals surface area contributed by atoms with Crippen LogP contribution in [-0.4, -0.2) is 55.5 Å². The Morgan fingerprint density at radius 3 is 3.11 bits per heavy atom. The predicted octanol–water partition coefficient (Wildman–Crippen LogP) is 0.688. The summed E-state index contributed by atoms with van der Waals surface area (Å²) in [6.07, 6.45) is 2.01. The first kappa shape index (κ1) is 14.0. The molecule has 1 unspecified atom stereocenters. The Bertz CT molecular complexity index is 394. The lowest BCUT2D eigenvalue weighted by Gasteiger charge is -2.28. The summed E-state index contributed by atoms with van der Waals surface area (Å²) in [6, 6.07) is 1.77. The fraction of sp³-hybridized carbons (Fsp3) is 0.692. The minimum atomic E-state index is 0.110. The van der Waals surface area contributed by atoms with E-state index in [9.17, 15) is 0 Å². The molecule has 0 spiro atoms. The minimum absolute atomic E-state index is 0.110. The highest BCUT2D eigenvalue weighted by Gasteiger charge is 2.17. The average molecular weight is 266 g/mol. The van der Waals surface area contributed by atoms with Crippen LogP contribution in [0.15, 0.2) is 12.3 Å². The van der Waals surface area contributed by atoms with Gasteiger partial charge < -0.3 is 19.7 Å². The highest BCUT2D eigenvalue weighted by Crippen LogP contribution is 2.13. The number of likely N-dealkylation sites (N-methyl/N-ethyl adjacent to an activating group) is 1. The molecule has 0 bridgehead atoms. The molecule has 0 aliphatic carbocycles. The Morgan fingerprint density at radius 2 is 2.42 bits per heavy atom. The van der Waals surface area contributed by atoms with Gasteiger partial charge in [0.1, 0.15) is 0 Å². The van der Waals surface area contributed by atoms with E-state index >= 15 is 0 Å². The summed E-state index contributed by atoms with van der Waals surface area (Å²) in [5.74, 6) is 1.27. The number of hydrogen-bond donors (Lipinski definition) is 1. The fourth-order valence-corrected chi connectivity index (χ4v) is 1.95. The van der Waals surface area contributed by atoms with Crippen LogP contribution in [0.5, 0.6) is 5.88 Å². The van der Waals surface area contributed by atoms with Gasteiger partial charge in [0, 0.05) is 38.9 Å². The summed E-state index contributed by atoms with van der Waals surface area (Å²) in [5.41, 5.74) is 0. The molecule has 6 nitrogen and oxygen atoms in total. The third-order valence-corrected chi connectivity index (χ3v) is 2.80. The molecule has 1 aliphatic heterocycles. The summed E-state index contributed by atoms with van der Waals surface area (Å²) >= 11 is 0. The number of anilines is 1. The lowest BCUT2D eigenvalue weighted by atomic mass is 10.3. The van der Waals surface area contributed by atoms with Gasteiger partial charge in [0.15, 0.2) is 0 Å². The quantitative estimate of drug-likeness (QED) is 0.846. The Morgan fingerprint density at radius 1 is 1.58 bits per heavy atom. The molecule has 0 saturated carbocycles. The maximum atomic E-state index is 5.67. The van der Waals surface area contributed by atoms with Gasteiger partial charge in [0.25, 0.3) is 0 Å². The molecule has 106 valence electrons. The maximum Gasteiger partial charge on any atom is 0.228 e. The van der Waals surface area contributed by atoms with Crippen LogP contribution in [0.1, 0.15) is 13.8 Å². The Kier molecular flexibility index (Phi) is 4.93. The fourth-order valence-electron chi connectivity index (χ4n) is 1.95. The molecule has 19 heavy (non-hydrogen) atoms. The van der Waals surface area contributed by atoms with Crippen LogP contribution in [0.4, 0.5) is 5.95 Å². The Labute approximate surface area is 114 Å². The van der Waals surface area contributed by atoms with Crippen molar-refractivity contribution in [1.29, 1.82) is 0 Å². The number of nitrogens with zero attached hydrogens (tertiary/aromatic N) is 3. The van der Waals surface area contributed by atoms with E-state index in [0.29, 0.717) is 11.8 Å². The molecule has 0 amide bonds. The zero-order valence-corrected chi connectivity index (χ0v) is 11.8. The molecule has 1 aliphatic rings. The summed E-state index contributed by atoms with van der Waals surface area (Å²) in [6.45, 7) is 7.27. The Balaban J connectivity index is 1.95. The van der Waals surface area contributed by atoms with Gasteiger partial charge in [0.05, 0.1) is 18.8 Å². The van der Waals surface area contributed by atoms with E-state index in [4.69, 9.17) is 9.47 Å². The second-order valence-corrected chi connectivity index (χ2v) is 4.94. The van der Waals surface area contributed by atoms with Crippen LogP contribution in [-0.2, 0) is 4.74 Å². The molecule has 1 aromatic rings.